The van der Waals surface area contributed by atoms with Gasteiger partial charge in [0.25, 0.3) is 0 Å². The van der Waals surface area contributed by atoms with E-state index in [0.29, 0.717) is 0 Å². The van der Waals surface area contributed by atoms with Crippen molar-refractivity contribution in [3.05, 3.63) is 12.4 Å². The van der Waals surface area contributed by atoms with Gasteiger partial charge in [-0.15, -0.1) is 0 Å². The summed E-state index contributed by atoms with van der Waals surface area (Å²) in [6.45, 7) is 7.31. The molecule has 2 rings (SSSR count). The van der Waals surface area contributed by atoms with Crippen LogP contribution in [0.2, 0.25) is 0 Å². The van der Waals surface area contributed by atoms with Crippen LogP contribution in [0.25, 0.3) is 0 Å². The lowest BCUT2D eigenvalue weighted by atomic mass is 9.85. The molecule has 0 aliphatic heterocycles. The van der Waals surface area contributed by atoms with E-state index in [1.165, 1.54) is 19.3 Å². The maximum Gasteiger partial charge on any atom is 0.134 e. The average Bonchev–Trinajstić information content (AvgIpc) is 2.29. The topological polar surface area (TPSA) is 41.0 Å². The van der Waals surface area contributed by atoms with Crippen molar-refractivity contribution >= 4 is 11.6 Å². The zero-order valence-corrected chi connectivity index (χ0v) is 10.8. The standard InChI is InChI=1S/C13H22N4/c1-3-14-12-8-13(16-10-15-12)17(4-2)9-11-6-5-7-11/h8,10-11H,3-7,9H2,1-2H3,(H,14,15,16). The van der Waals surface area contributed by atoms with Crippen LogP contribution in [0.1, 0.15) is 33.1 Å². The first-order chi connectivity index (χ1) is 8.33. The van der Waals surface area contributed by atoms with Crippen molar-refractivity contribution in [1.29, 1.82) is 0 Å². The second-order valence-electron chi connectivity index (χ2n) is 4.63. The third-order valence-corrected chi connectivity index (χ3v) is 3.42. The number of nitrogens with one attached hydrogen (secondary N) is 1. The number of hydrogen-bond acceptors (Lipinski definition) is 4. The predicted molar refractivity (Wildman–Crippen MR) is 71.4 cm³/mol. The van der Waals surface area contributed by atoms with Crippen LogP contribution < -0.4 is 10.2 Å². The normalized spacial score (nSPS) is 15.4. The van der Waals surface area contributed by atoms with Gasteiger partial charge in [-0.2, -0.15) is 0 Å². The lowest BCUT2D eigenvalue weighted by Crippen LogP contribution is -2.33. The summed E-state index contributed by atoms with van der Waals surface area (Å²) in [5, 5.41) is 3.23. The largest absolute Gasteiger partial charge is 0.370 e. The quantitative estimate of drug-likeness (QED) is 0.821. The molecule has 1 aliphatic carbocycles. The van der Waals surface area contributed by atoms with Crippen molar-refractivity contribution in [2.75, 3.05) is 29.9 Å². The van der Waals surface area contributed by atoms with Crippen LogP contribution in [0.5, 0.6) is 0 Å². The molecule has 0 aromatic carbocycles. The van der Waals surface area contributed by atoms with E-state index in [4.69, 9.17) is 0 Å². The first kappa shape index (κ1) is 12.1. The van der Waals surface area contributed by atoms with Gasteiger partial charge in [-0.05, 0) is 32.6 Å². The maximum absolute atomic E-state index is 4.38. The molecule has 4 heteroatoms. The van der Waals surface area contributed by atoms with Gasteiger partial charge in [-0.1, -0.05) is 6.42 Å². The molecule has 1 saturated carbocycles. The fraction of sp³-hybridized carbons (Fsp3) is 0.692. The Morgan fingerprint density at radius 3 is 2.76 bits per heavy atom. The van der Waals surface area contributed by atoms with E-state index in [2.05, 4.69) is 34.0 Å². The second kappa shape index (κ2) is 5.84. The molecule has 4 nitrogen and oxygen atoms in total. The minimum atomic E-state index is 0.868. The van der Waals surface area contributed by atoms with Gasteiger partial charge in [-0.25, -0.2) is 9.97 Å². The molecule has 0 unspecified atom stereocenters. The van der Waals surface area contributed by atoms with Gasteiger partial charge >= 0.3 is 0 Å². The van der Waals surface area contributed by atoms with Gasteiger partial charge in [-0.3, -0.25) is 0 Å². The number of nitrogens with zero attached hydrogens (tertiary/aromatic N) is 3. The minimum Gasteiger partial charge on any atom is -0.370 e. The summed E-state index contributed by atoms with van der Waals surface area (Å²) < 4.78 is 0. The van der Waals surface area contributed by atoms with Crippen molar-refractivity contribution in [1.82, 2.24) is 9.97 Å². The van der Waals surface area contributed by atoms with Crippen LogP contribution in [-0.2, 0) is 0 Å². The van der Waals surface area contributed by atoms with Gasteiger partial charge in [0.2, 0.25) is 0 Å². The Balaban J connectivity index is 2.03. The molecule has 0 saturated heterocycles. The highest BCUT2D eigenvalue weighted by molar-refractivity contribution is 5.48. The van der Waals surface area contributed by atoms with Crippen molar-refractivity contribution in [2.45, 2.75) is 33.1 Å². The molecule has 0 amide bonds. The third-order valence-electron chi connectivity index (χ3n) is 3.42. The first-order valence-electron chi connectivity index (χ1n) is 6.64. The molecule has 0 radical (unpaired) electrons. The van der Waals surface area contributed by atoms with Gasteiger partial charge in [0.05, 0.1) is 0 Å². The van der Waals surface area contributed by atoms with Crippen LogP contribution in [-0.4, -0.2) is 29.6 Å². The monoisotopic (exact) mass is 234 g/mol. The summed E-state index contributed by atoms with van der Waals surface area (Å²) >= 11 is 0. The molecule has 1 aliphatic rings. The Labute approximate surface area is 103 Å². The van der Waals surface area contributed by atoms with Gasteiger partial charge in [0.1, 0.15) is 18.0 Å². The zero-order valence-electron chi connectivity index (χ0n) is 10.8. The smallest absolute Gasteiger partial charge is 0.134 e. The molecule has 94 valence electrons. The van der Waals surface area contributed by atoms with Crippen molar-refractivity contribution in [3.8, 4) is 0 Å². The first-order valence-corrected chi connectivity index (χ1v) is 6.64. The molecule has 0 atom stereocenters. The molecular weight excluding hydrogens is 212 g/mol. The average molecular weight is 234 g/mol. The Kier molecular flexibility index (Phi) is 4.18. The Hall–Kier alpha value is -1.32. The van der Waals surface area contributed by atoms with Crippen LogP contribution in [0.15, 0.2) is 12.4 Å². The van der Waals surface area contributed by atoms with Crippen molar-refractivity contribution in [3.63, 3.8) is 0 Å². The van der Waals surface area contributed by atoms with E-state index in [0.717, 1.165) is 37.2 Å². The molecule has 1 fully saturated rings. The van der Waals surface area contributed by atoms with Crippen molar-refractivity contribution in [2.24, 2.45) is 5.92 Å². The van der Waals surface area contributed by atoms with Crippen LogP contribution in [0, 0.1) is 5.92 Å². The molecule has 17 heavy (non-hydrogen) atoms. The summed E-state index contributed by atoms with van der Waals surface area (Å²) in [4.78, 5) is 10.9. The molecule has 0 spiro atoms. The van der Waals surface area contributed by atoms with Gasteiger partial charge < -0.3 is 10.2 Å². The van der Waals surface area contributed by atoms with E-state index in [1.54, 1.807) is 6.33 Å². The predicted octanol–water partition coefficient (Wildman–Crippen LogP) is 2.53. The summed E-state index contributed by atoms with van der Waals surface area (Å²) in [5.74, 6) is 2.84. The lowest BCUT2D eigenvalue weighted by molar-refractivity contribution is 0.318. The fourth-order valence-electron chi connectivity index (χ4n) is 2.17. The number of anilines is 2. The van der Waals surface area contributed by atoms with E-state index >= 15 is 0 Å². The van der Waals surface area contributed by atoms with Crippen LogP contribution >= 0.6 is 0 Å². The molecule has 1 heterocycles. The van der Waals surface area contributed by atoms with E-state index in [1.807, 2.05) is 6.07 Å². The molecule has 1 N–H and O–H groups in total. The molecule has 1 aromatic rings. The zero-order chi connectivity index (χ0) is 12.1. The summed E-state index contributed by atoms with van der Waals surface area (Å²) in [7, 11) is 0. The summed E-state index contributed by atoms with van der Waals surface area (Å²) in [5.41, 5.74) is 0. The van der Waals surface area contributed by atoms with E-state index in [-0.39, 0.29) is 0 Å². The minimum absolute atomic E-state index is 0.868. The van der Waals surface area contributed by atoms with E-state index < -0.39 is 0 Å². The summed E-state index contributed by atoms with van der Waals surface area (Å²) in [6.07, 6.45) is 5.80. The number of hydrogen-bond donors (Lipinski definition) is 1. The lowest BCUT2D eigenvalue weighted by Gasteiger charge is -2.32. The Morgan fingerprint density at radius 1 is 1.35 bits per heavy atom. The maximum atomic E-state index is 4.38. The molecule has 1 aromatic heterocycles. The second-order valence-corrected chi connectivity index (χ2v) is 4.63. The SMILES string of the molecule is CCNc1cc(N(CC)CC2CCC2)ncn1. The Morgan fingerprint density at radius 2 is 2.18 bits per heavy atom. The molecule has 0 bridgehead atoms. The highest BCUT2D eigenvalue weighted by Crippen LogP contribution is 2.28. The highest BCUT2D eigenvalue weighted by atomic mass is 15.2. The van der Waals surface area contributed by atoms with Gasteiger partial charge in [0, 0.05) is 25.7 Å². The third kappa shape index (κ3) is 3.08. The Bertz CT molecular complexity index is 349. The fourth-order valence-corrected chi connectivity index (χ4v) is 2.17. The van der Waals surface area contributed by atoms with Crippen molar-refractivity contribution < 1.29 is 0 Å². The summed E-state index contributed by atoms with van der Waals surface area (Å²) in [6, 6.07) is 2.05. The molecular formula is C13H22N4. The van der Waals surface area contributed by atoms with Crippen LogP contribution in [0.3, 0.4) is 0 Å². The van der Waals surface area contributed by atoms with Crippen LogP contribution in [0.4, 0.5) is 11.6 Å². The number of aromatic nitrogens is 2. The highest BCUT2D eigenvalue weighted by Gasteiger charge is 2.20. The number of rotatable bonds is 6. The van der Waals surface area contributed by atoms with E-state index in [9.17, 15) is 0 Å². The van der Waals surface area contributed by atoms with Gasteiger partial charge in [0.15, 0.2) is 0 Å².